The van der Waals surface area contributed by atoms with E-state index in [1.165, 1.54) is 5.56 Å². The van der Waals surface area contributed by atoms with Crippen LogP contribution in [0, 0.1) is 0 Å². The van der Waals surface area contributed by atoms with Gasteiger partial charge in [-0.1, -0.05) is 48.5 Å². The maximum atomic E-state index is 4.40. The van der Waals surface area contributed by atoms with Crippen LogP contribution in [0.4, 0.5) is 17.5 Å². The Morgan fingerprint density at radius 2 is 1.59 bits per heavy atom. The highest BCUT2D eigenvalue weighted by molar-refractivity contribution is 5.53. The standard InChI is InChI=1S/C17H17N5/c1-3-7-14(8-4-1)11-12-18-16-13-19-22-17(21-16)20-15-9-5-2-6-10-15/h1-10,13H,11-12H2,(H2,18,20,21,22). The van der Waals surface area contributed by atoms with Gasteiger partial charge in [0.15, 0.2) is 5.82 Å². The predicted molar refractivity (Wildman–Crippen MR) is 88.2 cm³/mol. The summed E-state index contributed by atoms with van der Waals surface area (Å²) in [5.74, 6) is 1.19. The molecular weight excluding hydrogens is 274 g/mol. The summed E-state index contributed by atoms with van der Waals surface area (Å²) in [4.78, 5) is 4.40. The average Bonchev–Trinajstić information content (AvgIpc) is 2.57. The zero-order valence-electron chi connectivity index (χ0n) is 12.1. The number of para-hydroxylation sites is 1. The normalized spacial score (nSPS) is 10.2. The summed E-state index contributed by atoms with van der Waals surface area (Å²) in [6.45, 7) is 0.799. The van der Waals surface area contributed by atoms with Gasteiger partial charge in [-0.25, -0.2) is 0 Å². The van der Waals surface area contributed by atoms with Crippen molar-refractivity contribution in [1.82, 2.24) is 15.2 Å². The molecule has 0 bridgehead atoms. The number of aromatic nitrogens is 3. The number of nitrogens with zero attached hydrogens (tertiary/aromatic N) is 3. The van der Waals surface area contributed by atoms with Gasteiger partial charge >= 0.3 is 0 Å². The highest BCUT2D eigenvalue weighted by Crippen LogP contribution is 2.12. The van der Waals surface area contributed by atoms with Crippen LogP contribution in [0.25, 0.3) is 0 Å². The van der Waals surface area contributed by atoms with Crippen LogP contribution < -0.4 is 10.6 Å². The van der Waals surface area contributed by atoms with Crippen LogP contribution in [-0.2, 0) is 6.42 Å². The van der Waals surface area contributed by atoms with Crippen molar-refractivity contribution < 1.29 is 0 Å². The minimum atomic E-state index is 0.482. The van der Waals surface area contributed by atoms with E-state index in [9.17, 15) is 0 Å². The van der Waals surface area contributed by atoms with Crippen molar-refractivity contribution in [2.75, 3.05) is 17.2 Å². The number of hydrogen-bond donors (Lipinski definition) is 2. The molecule has 2 N–H and O–H groups in total. The van der Waals surface area contributed by atoms with E-state index in [0.717, 1.165) is 18.7 Å². The molecule has 0 aliphatic heterocycles. The quantitative estimate of drug-likeness (QED) is 0.730. The summed E-state index contributed by atoms with van der Waals surface area (Å²) in [6.07, 6.45) is 2.56. The monoisotopic (exact) mass is 291 g/mol. The van der Waals surface area contributed by atoms with Crippen LogP contribution in [0.5, 0.6) is 0 Å². The van der Waals surface area contributed by atoms with Crippen LogP contribution in [0.1, 0.15) is 5.56 Å². The minimum absolute atomic E-state index is 0.482. The van der Waals surface area contributed by atoms with Crippen molar-refractivity contribution in [3.8, 4) is 0 Å². The Hall–Kier alpha value is -2.95. The van der Waals surface area contributed by atoms with E-state index >= 15 is 0 Å². The smallest absolute Gasteiger partial charge is 0.249 e. The van der Waals surface area contributed by atoms with Crippen LogP contribution in [0.3, 0.4) is 0 Å². The van der Waals surface area contributed by atoms with Crippen molar-refractivity contribution in [2.24, 2.45) is 0 Å². The molecule has 22 heavy (non-hydrogen) atoms. The van der Waals surface area contributed by atoms with E-state index < -0.39 is 0 Å². The molecule has 0 unspecified atom stereocenters. The molecule has 2 aromatic carbocycles. The minimum Gasteiger partial charge on any atom is -0.368 e. The van der Waals surface area contributed by atoms with Crippen molar-refractivity contribution in [2.45, 2.75) is 6.42 Å². The largest absolute Gasteiger partial charge is 0.368 e. The molecule has 3 rings (SSSR count). The molecule has 5 nitrogen and oxygen atoms in total. The van der Waals surface area contributed by atoms with E-state index in [1.54, 1.807) is 6.20 Å². The Labute approximate surface area is 129 Å². The van der Waals surface area contributed by atoms with Gasteiger partial charge in [0.05, 0.1) is 6.20 Å². The SMILES string of the molecule is c1ccc(CCNc2cnnc(Nc3ccccc3)n2)cc1. The fourth-order valence-corrected chi connectivity index (χ4v) is 2.07. The maximum absolute atomic E-state index is 4.40. The van der Waals surface area contributed by atoms with Gasteiger partial charge < -0.3 is 10.6 Å². The van der Waals surface area contributed by atoms with E-state index in [-0.39, 0.29) is 0 Å². The van der Waals surface area contributed by atoms with Gasteiger partial charge in [0.1, 0.15) is 0 Å². The zero-order valence-corrected chi connectivity index (χ0v) is 12.1. The van der Waals surface area contributed by atoms with Crippen LogP contribution >= 0.6 is 0 Å². The molecule has 0 radical (unpaired) electrons. The summed E-state index contributed by atoms with van der Waals surface area (Å²) >= 11 is 0. The number of hydrogen-bond acceptors (Lipinski definition) is 5. The Balaban J connectivity index is 1.57. The number of benzene rings is 2. The molecule has 110 valence electrons. The number of anilines is 3. The molecule has 3 aromatic rings. The first-order valence-electron chi connectivity index (χ1n) is 7.20. The molecule has 0 spiro atoms. The third-order valence-corrected chi connectivity index (χ3v) is 3.15. The lowest BCUT2D eigenvalue weighted by Gasteiger charge is -2.07. The van der Waals surface area contributed by atoms with Gasteiger partial charge in [-0.3, -0.25) is 0 Å². The Morgan fingerprint density at radius 1 is 0.864 bits per heavy atom. The first kappa shape index (κ1) is 14.0. The highest BCUT2D eigenvalue weighted by atomic mass is 15.3. The average molecular weight is 291 g/mol. The second kappa shape index (κ2) is 7.17. The second-order valence-electron chi connectivity index (χ2n) is 4.82. The fraction of sp³-hybridized carbons (Fsp3) is 0.118. The molecule has 5 heteroatoms. The second-order valence-corrected chi connectivity index (χ2v) is 4.82. The first-order valence-corrected chi connectivity index (χ1v) is 7.20. The zero-order chi connectivity index (χ0) is 15.0. The van der Waals surface area contributed by atoms with Crippen molar-refractivity contribution in [1.29, 1.82) is 0 Å². The molecule has 0 atom stereocenters. The third-order valence-electron chi connectivity index (χ3n) is 3.15. The van der Waals surface area contributed by atoms with Crippen LogP contribution in [0.2, 0.25) is 0 Å². The van der Waals surface area contributed by atoms with Gasteiger partial charge in [0.2, 0.25) is 5.95 Å². The number of nitrogens with one attached hydrogen (secondary N) is 2. The summed E-state index contributed by atoms with van der Waals surface area (Å²) in [6, 6.07) is 20.1. The van der Waals surface area contributed by atoms with E-state index in [1.807, 2.05) is 48.5 Å². The van der Waals surface area contributed by atoms with E-state index in [0.29, 0.717) is 11.8 Å². The Kier molecular flexibility index (Phi) is 4.57. The predicted octanol–water partition coefficient (Wildman–Crippen LogP) is 3.27. The highest BCUT2D eigenvalue weighted by Gasteiger charge is 2.01. The van der Waals surface area contributed by atoms with E-state index in [4.69, 9.17) is 0 Å². The van der Waals surface area contributed by atoms with Gasteiger partial charge in [-0.15, -0.1) is 5.10 Å². The van der Waals surface area contributed by atoms with Gasteiger partial charge in [0.25, 0.3) is 0 Å². The molecule has 1 aromatic heterocycles. The van der Waals surface area contributed by atoms with E-state index in [2.05, 4.69) is 37.9 Å². The Bertz CT molecular complexity index is 701. The molecule has 0 aliphatic rings. The molecule has 0 fully saturated rings. The Morgan fingerprint density at radius 3 is 2.36 bits per heavy atom. The molecule has 1 heterocycles. The van der Waals surface area contributed by atoms with Crippen LogP contribution in [0.15, 0.2) is 66.9 Å². The topological polar surface area (TPSA) is 62.7 Å². The van der Waals surface area contributed by atoms with Gasteiger partial charge in [-0.05, 0) is 24.1 Å². The molecule has 0 aliphatic carbocycles. The molecular formula is C17H17N5. The fourth-order valence-electron chi connectivity index (χ4n) is 2.07. The summed E-state index contributed by atoms with van der Waals surface area (Å²) in [7, 11) is 0. The molecule has 0 saturated carbocycles. The summed E-state index contributed by atoms with van der Waals surface area (Å²) in [5.41, 5.74) is 2.23. The maximum Gasteiger partial charge on any atom is 0.249 e. The molecule has 0 saturated heterocycles. The van der Waals surface area contributed by atoms with Crippen molar-refractivity contribution in [3.05, 3.63) is 72.4 Å². The lowest BCUT2D eigenvalue weighted by Crippen LogP contribution is -2.08. The van der Waals surface area contributed by atoms with Gasteiger partial charge in [-0.2, -0.15) is 10.1 Å². The first-order chi connectivity index (χ1) is 10.9. The lowest BCUT2D eigenvalue weighted by molar-refractivity contribution is 0.950. The van der Waals surface area contributed by atoms with Crippen molar-refractivity contribution in [3.63, 3.8) is 0 Å². The van der Waals surface area contributed by atoms with Gasteiger partial charge in [0, 0.05) is 12.2 Å². The van der Waals surface area contributed by atoms with Crippen LogP contribution in [-0.4, -0.2) is 21.7 Å². The number of rotatable bonds is 6. The summed E-state index contributed by atoms with van der Waals surface area (Å²) in [5, 5.41) is 14.4. The summed E-state index contributed by atoms with van der Waals surface area (Å²) < 4.78 is 0. The molecule has 0 amide bonds. The third kappa shape index (κ3) is 4.02. The van der Waals surface area contributed by atoms with Crippen molar-refractivity contribution >= 4 is 17.5 Å². The lowest BCUT2D eigenvalue weighted by atomic mass is 10.1.